The maximum absolute atomic E-state index is 13.2. The van der Waals surface area contributed by atoms with Crippen LogP contribution in [0.25, 0.3) is 6.08 Å². The molecule has 2 aromatic carbocycles. The van der Waals surface area contributed by atoms with Gasteiger partial charge >= 0.3 is 0 Å². The number of carbonyl (C=O) groups is 1. The van der Waals surface area contributed by atoms with Gasteiger partial charge in [0.15, 0.2) is 0 Å². The summed E-state index contributed by atoms with van der Waals surface area (Å²) in [5.41, 5.74) is 5.63. The van der Waals surface area contributed by atoms with Crippen LogP contribution in [0, 0.1) is 5.41 Å². The van der Waals surface area contributed by atoms with Crippen molar-refractivity contribution in [2.24, 2.45) is 5.41 Å². The van der Waals surface area contributed by atoms with E-state index in [1.165, 1.54) is 22.5 Å². The monoisotopic (exact) mass is 361 g/mol. The lowest BCUT2D eigenvalue weighted by Crippen LogP contribution is -2.37. The number of amides is 1. The van der Waals surface area contributed by atoms with Crippen LogP contribution in [0.2, 0.25) is 0 Å². The zero-order chi connectivity index (χ0) is 18.1. The predicted octanol–water partition coefficient (Wildman–Crippen LogP) is 4.51. The molecule has 1 heterocycles. The minimum Gasteiger partial charge on any atom is -0.300 e. The average molecular weight is 361 g/mol. The summed E-state index contributed by atoms with van der Waals surface area (Å²) in [4.78, 5) is 13.2. The Morgan fingerprint density at radius 1 is 1.31 bits per heavy atom. The lowest BCUT2D eigenvalue weighted by Gasteiger charge is -2.30. The van der Waals surface area contributed by atoms with Gasteiger partial charge in [0.05, 0.1) is 5.41 Å². The molecule has 130 valence electrons. The van der Waals surface area contributed by atoms with Crippen molar-refractivity contribution in [1.29, 1.82) is 0 Å². The first-order valence-electron chi connectivity index (χ1n) is 8.49. The quantitative estimate of drug-likeness (QED) is 0.744. The van der Waals surface area contributed by atoms with Crippen molar-refractivity contribution in [3.63, 3.8) is 0 Å². The Morgan fingerprint density at radius 2 is 2.12 bits per heavy atom. The Bertz CT molecular complexity index is 953. The normalized spacial score (nSPS) is 21.2. The molecule has 0 spiro atoms. The average Bonchev–Trinajstić information content (AvgIpc) is 3.27. The highest BCUT2D eigenvalue weighted by Crippen LogP contribution is 2.51. The van der Waals surface area contributed by atoms with Gasteiger partial charge in [-0.3, -0.25) is 4.79 Å². The van der Waals surface area contributed by atoms with Gasteiger partial charge in [-0.15, -0.1) is 10.2 Å². The zero-order valence-corrected chi connectivity index (χ0v) is 15.3. The second-order valence-electron chi connectivity index (χ2n) is 6.80. The number of carbonyl (C=O) groups excluding carboxylic acids is 1. The van der Waals surface area contributed by atoms with E-state index in [0.29, 0.717) is 11.6 Å². The first kappa shape index (κ1) is 16.7. The molecule has 1 amide bonds. The van der Waals surface area contributed by atoms with Gasteiger partial charge < -0.3 is 5.32 Å². The van der Waals surface area contributed by atoms with Crippen LogP contribution in [0.4, 0.5) is 5.13 Å². The number of benzene rings is 2. The van der Waals surface area contributed by atoms with Gasteiger partial charge in [0.2, 0.25) is 11.0 Å². The summed E-state index contributed by atoms with van der Waals surface area (Å²) in [5.74, 6) is -0.0500. The first-order valence-corrected chi connectivity index (χ1v) is 9.37. The lowest BCUT2D eigenvalue weighted by molar-refractivity contribution is -0.125. The molecule has 1 aliphatic carbocycles. The smallest absolute Gasteiger partial charge is 0.233 e. The number of aromatic nitrogens is 2. The summed E-state index contributed by atoms with van der Waals surface area (Å²) in [5, 5.41) is 11.2. The molecule has 0 saturated carbocycles. The molecule has 1 N–H and O–H groups in total. The van der Waals surface area contributed by atoms with Crippen molar-refractivity contribution in [3.05, 3.63) is 82.9 Å². The molecule has 0 radical (unpaired) electrons. The molecule has 26 heavy (non-hydrogen) atoms. The van der Waals surface area contributed by atoms with E-state index in [4.69, 9.17) is 0 Å². The standard InChI is InChI=1S/C21H19N3OS/c1-3-14-9-10-16-12-21(2,19(25)23-20-24-22-13-26-20)18(17(16)11-14)15-7-5-4-6-8-15/h3-11,13,18H,1,12H2,2H3,(H,23,24,25). The zero-order valence-electron chi connectivity index (χ0n) is 14.5. The highest BCUT2D eigenvalue weighted by atomic mass is 32.1. The third-order valence-electron chi connectivity index (χ3n) is 5.14. The van der Waals surface area contributed by atoms with Gasteiger partial charge in [0, 0.05) is 5.92 Å². The van der Waals surface area contributed by atoms with Gasteiger partial charge in [-0.25, -0.2) is 0 Å². The van der Waals surface area contributed by atoms with E-state index in [2.05, 4.69) is 52.4 Å². The predicted molar refractivity (Wildman–Crippen MR) is 105 cm³/mol. The van der Waals surface area contributed by atoms with Gasteiger partial charge in [0.25, 0.3) is 0 Å². The van der Waals surface area contributed by atoms with Crippen LogP contribution >= 0.6 is 11.3 Å². The fraction of sp³-hybridized carbons (Fsp3) is 0.190. The Morgan fingerprint density at radius 3 is 2.81 bits per heavy atom. The Hall–Kier alpha value is -2.79. The molecule has 1 aromatic heterocycles. The van der Waals surface area contributed by atoms with E-state index in [-0.39, 0.29) is 11.8 Å². The third-order valence-corrected chi connectivity index (χ3v) is 5.75. The summed E-state index contributed by atoms with van der Waals surface area (Å²) in [6, 6.07) is 16.6. The number of nitrogens with zero attached hydrogens (tertiary/aromatic N) is 2. The Labute approximate surface area is 156 Å². The molecule has 4 nitrogen and oxygen atoms in total. The second kappa shape index (κ2) is 6.50. The van der Waals surface area contributed by atoms with Crippen LogP contribution in [-0.2, 0) is 11.2 Å². The van der Waals surface area contributed by atoms with Gasteiger partial charge in [-0.1, -0.05) is 72.5 Å². The fourth-order valence-electron chi connectivity index (χ4n) is 3.88. The Balaban J connectivity index is 1.80. The van der Waals surface area contributed by atoms with Crippen LogP contribution in [0.15, 0.2) is 60.6 Å². The van der Waals surface area contributed by atoms with Crippen LogP contribution in [0.3, 0.4) is 0 Å². The first-order chi connectivity index (χ1) is 12.6. The Kier molecular flexibility index (Phi) is 4.17. The number of fused-ring (bicyclic) bond motifs is 1. The highest BCUT2D eigenvalue weighted by Gasteiger charge is 2.48. The molecule has 0 aliphatic heterocycles. The number of rotatable bonds is 4. The molecule has 3 aromatic rings. The molecule has 2 atom stereocenters. The number of nitrogens with one attached hydrogen (secondary N) is 1. The van der Waals surface area contributed by atoms with Crippen molar-refractivity contribution in [2.45, 2.75) is 19.3 Å². The number of hydrogen-bond acceptors (Lipinski definition) is 4. The van der Waals surface area contributed by atoms with E-state index in [9.17, 15) is 4.79 Å². The van der Waals surface area contributed by atoms with Crippen LogP contribution in [-0.4, -0.2) is 16.1 Å². The summed E-state index contributed by atoms with van der Waals surface area (Å²) in [6.45, 7) is 5.92. The van der Waals surface area contributed by atoms with E-state index in [1.54, 1.807) is 5.51 Å². The lowest BCUT2D eigenvalue weighted by atomic mass is 9.73. The van der Waals surface area contributed by atoms with Crippen molar-refractivity contribution in [2.75, 3.05) is 5.32 Å². The van der Waals surface area contributed by atoms with E-state index in [1.807, 2.05) is 31.2 Å². The minimum atomic E-state index is -0.602. The topological polar surface area (TPSA) is 54.9 Å². The molecule has 5 heteroatoms. The number of hydrogen-bond donors (Lipinski definition) is 1. The van der Waals surface area contributed by atoms with Crippen molar-refractivity contribution in [3.8, 4) is 0 Å². The number of anilines is 1. The van der Waals surface area contributed by atoms with Gasteiger partial charge in [0.1, 0.15) is 5.51 Å². The van der Waals surface area contributed by atoms with Crippen molar-refractivity contribution in [1.82, 2.24) is 10.2 Å². The van der Waals surface area contributed by atoms with Crippen LogP contribution in [0.1, 0.15) is 35.1 Å². The van der Waals surface area contributed by atoms with Gasteiger partial charge in [-0.05, 0) is 35.6 Å². The molecular weight excluding hydrogens is 342 g/mol. The summed E-state index contributed by atoms with van der Waals surface area (Å²) < 4.78 is 0. The van der Waals surface area contributed by atoms with E-state index >= 15 is 0 Å². The summed E-state index contributed by atoms with van der Waals surface area (Å²) >= 11 is 1.33. The van der Waals surface area contributed by atoms with Gasteiger partial charge in [-0.2, -0.15) is 0 Å². The molecule has 1 aliphatic rings. The molecule has 0 saturated heterocycles. The van der Waals surface area contributed by atoms with Crippen molar-refractivity contribution < 1.29 is 4.79 Å². The SMILES string of the molecule is C=Cc1ccc2c(c1)C(c1ccccc1)C(C)(C(=O)Nc1nncs1)C2. The van der Waals surface area contributed by atoms with Crippen LogP contribution < -0.4 is 5.32 Å². The third kappa shape index (κ3) is 2.74. The highest BCUT2D eigenvalue weighted by molar-refractivity contribution is 7.13. The summed E-state index contributed by atoms with van der Waals surface area (Å²) in [6.07, 6.45) is 2.53. The van der Waals surface area contributed by atoms with Crippen LogP contribution in [0.5, 0.6) is 0 Å². The van der Waals surface area contributed by atoms with E-state index < -0.39 is 5.41 Å². The summed E-state index contributed by atoms with van der Waals surface area (Å²) in [7, 11) is 0. The maximum atomic E-state index is 13.2. The molecule has 0 fully saturated rings. The molecule has 0 bridgehead atoms. The molecule has 4 rings (SSSR count). The minimum absolute atomic E-state index is 0.0217. The second-order valence-corrected chi connectivity index (χ2v) is 7.63. The largest absolute Gasteiger partial charge is 0.300 e. The molecule has 2 unspecified atom stereocenters. The van der Waals surface area contributed by atoms with Crippen molar-refractivity contribution >= 4 is 28.5 Å². The van der Waals surface area contributed by atoms with E-state index in [0.717, 1.165) is 11.1 Å². The molecular formula is C21H19N3OS. The maximum Gasteiger partial charge on any atom is 0.233 e. The fourth-order valence-corrected chi connectivity index (χ4v) is 4.32.